The number of hydrogen-bond donors (Lipinski definition) is 1. The largest absolute Gasteiger partial charge is 0.497 e. The summed E-state index contributed by atoms with van der Waals surface area (Å²) in [4.78, 5) is 12.9. The highest BCUT2D eigenvalue weighted by Gasteiger charge is 2.23. The lowest BCUT2D eigenvalue weighted by Gasteiger charge is -2.19. The van der Waals surface area contributed by atoms with E-state index in [4.69, 9.17) is 9.47 Å². The Bertz CT molecular complexity index is 853. The summed E-state index contributed by atoms with van der Waals surface area (Å²) >= 11 is 0. The van der Waals surface area contributed by atoms with Gasteiger partial charge in [0, 0.05) is 11.5 Å². The molecule has 26 heavy (non-hydrogen) atoms. The summed E-state index contributed by atoms with van der Waals surface area (Å²) in [5, 5.41) is 17.6. The topological polar surface area (TPSA) is 100 Å². The minimum absolute atomic E-state index is 0.253. The number of benzene rings is 2. The molecule has 0 fully saturated rings. The van der Waals surface area contributed by atoms with Crippen molar-refractivity contribution in [2.24, 2.45) is 0 Å². The molecule has 8 heteroatoms. The van der Waals surface area contributed by atoms with E-state index < -0.39 is 5.92 Å². The number of anilines is 1. The second-order valence-corrected chi connectivity index (χ2v) is 5.53. The van der Waals surface area contributed by atoms with Crippen molar-refractivity contribution in [2.75, 3.05) is 19.5 Å². The van der Waals surface area contributed by atoms with Crippen molar-refractivity contribution in [1.82, 2.24) is 20.6 Å². The van der Waals surface area contributed by atoms with Crippen LogP contribution < -0.4 is 19.9 Å². The van der Waals surface area contributed by atoms with E-state index in [1.165, 1.54) is 0 Å². The normalized spacial score (nSPS) is 11.6. The number of nitrogens with one attached hydrogen (secondary N) is 1. The Labute approximate surface area is 150 Å². The number of tetrazole rings is 1. The fourth-order valence-electron chi connectivity index (χ4n) is 2.60. The first-order chi connectivity index (χ1) is 12.7. The SMILES string of the molecule is COc1ccc(OC)c(C[C@H](C(=O)Nc2ccccc2)c2nnn[n-]2)c1. The number of carbonyl (C=O) groups excluding carboxylic acids is 1. The molecule has 1 N–H and O–H groups in total. The van der Waals surface area contributed by atoms with Crippen molar-refractivity contribution in [3.8, 4) is 11.5 Å². The molecule has 1 aromatic heterocycles. The maximum Gasteiger partial charge on any atom is 0.232 e. The van der Waals surface area contributed by atoms with Crippen molar-refractivity contribution >= 4 is 11.6 Å². The highest BCUT2D eigenvalue weighted by Crippen LogP contribution is 2.29. The van der Waals surface area contributed by atoms with Crippen molar-refractivity contribution in [2.45, 2.75) is 12.3 Å². The molecule has 0 spiro atoms. The highest BCUT2D eigenvalue weighted by molar-refractivity contribution is 5.95. The lowest BCUT2D eigenvalue weighted by molar-refractivity contribution is -0.117. The van der Waals surface area contributed by atoms with Crippen molar-refractivity contribution in [1.29, 1.82) is 0 Å². The number of aromatic nitrogens is 4. The Kier molecular flexibility index (Phi) is 5.43. The summed E-state index contributed by atoms with van der Waals surface area (Å²) in [7, 11) is 3.16. The second kappa shape index (κ2) is 8.11. The first-order valence-corrected chi connectivity index (χ1v) is 7.96. The van der Waals surface area contributed by atoms with Crippen LogP contribution in [0.3, 0.4) is 0 Å². The smallest absolute Gasteiger partial charge is 0.232 e. The van der Waals surface area contributed by atoms with Gasteiger partial charge in [0.1, 0.15) is 11.5 Å². The molecule has 8 nitrogen and oxygen atoms in total. The van der Waals surface area contributed by atoms with Gasteiger partial charge in [0.05, 0.1) is 20.1 Å². The maximum atomic E-state index is 12.9. The van der Waals surface area contributed by atoms with E-state index in [-0.39, 0.29) is 11.7 Å². The third kappa shape index (κ3) is 3.97. The summed E-state index contributed by atoms with van der Waals surface area (Å²) < 4.78 is 10.7. The third-order valence-electron chi connectivity index (χ3n) is 3.92. The van der Waals surface area contributed by atoms with E-state index in [2.05, 4.69) is 25.9 Å². The minimum Gasteiger partial charge on any atom is -0.497 e. The van der Waals surface area contributed by atoms with Gasteiger partial charge in [-0.15, -0.1) is 0 Å². The summed E-state index contributed by atoms with van der Waals surface area (Å²) in [6, 6.07) is 14.6. The Morgan fingerprint density at radius 3 is 2.62 bits per heavy atom. The molecule has 0 aliphatic heterocycles. The standard InChI is InChI=1S/C18H19N5O3/c1-25-14-8-9-16(26-2)12(10-14)11-15(17-20-22-23-21-17)18(24)19-13-6-4-3-5-7-13/h3-10,15H,11H2,1-2H3,(H2,19,20,21,22,23,24)/p-1/t15-/m0/s1. The molecule has 1 heterocycles. The molecule has 2 aromatic carbocycles. The van der Waals surface area contributed by atoms with Crippen LogP contribution in [0.25, 0.3) is 0 Å². The van der Waals surface area contributed by atoms with E-state index in [0.717, 1.165) is 5.56 Å². The zero-order chi connectivity index (χ0) is 18.4. The third-order valence-corrected chi connectivity index (χ3v) is 3.92. The Hall–Kier alpha value is -3.42. The molecule has 0 saturated carbocycles. The number of carbonyl (C=O) groups is 1. The van der Waals surface area contributed by atoms with E-state index in [1.807, 2.05) is 36.4 Å². The second-order valence-electron chi connectivity index (χ2n) is 5.53. The first-order valence-electron chi connectivity index (χ1n) is 7.96. The molecule has 0 radical (unpaired) electrons. The zero-order valence-electron chi connectivity index (χ0n) is 14.4. The van der Waals surface area contributed by atoms with Crippen LogP contribution in [0, 0.1) is 0 Å². The van der Waals surface area contributed by atoms with Crippen molar-refractivity contribution in [3.05, 3.63) is 59.9 Å². The van der Waals surface area contributed by atoms with E-state index in [1.54, 1.807) is 26.4 Å². The van der Waals surface area contributed by atoms with Crippen LogP contribution >= 0.6 is 0 Å². The number of rotatable bonds is 7. The van der Waals surface area contributed by atoms with E-state index >= 15 is 0 Å². The molecule has 1 amide bonds. The maximum absolute atomic E-state index is 12.9. The Balaban J connectivity index is 1.89. The zero-order valence-corrected chi connectivity index (χ0v) is 14.4. The molecule has 134 valence electrons. The van der Waals surface area contributed by atoms with Gasteiger partial charge in [-0.1, -0.05) is 18.2 Å². The number of amides is 1. The van der Waals surface area contributed by atoms with E-state index in [0.29, 0.717) is 23.6 Å². The summed E-state index contributed by atoms with van der Waals surface area (Å²) in [5.74, 6) is 0.642. The number of para-hydroxylation sites is 1. The lowest BCUT2D eigenvalue weighted by Crippen LogP contribution is -2.24. The van der Waals surface area contributed by atoms with Crippen LogP contribution in [0.2, 0.25) is 0 Å². The summed E-state index contributed by atoms with van der Waals surface area (Å²) in [6.07, 6.45) is 0.312. The lowest BCUT2D eigenvalue weighted by atomic mass is 9.96. The molecule has 0 bridgehead atoms. The summed E-state index contributed by atoms with van der Waals surface area (Å²) in [5.41, 5.74) is 1.48. The highest BCUT2D eigenvalue weighted by atomic mass is 16.5. The fraction of sp³-hybridized carbons (Fsp3) is 0.222. The Morgan fingerprint density at radius 2 is 1.96 bits per heavy atom. The molecule has 0 unspecified atom stereocenters. The van der Waals surface area contributed by atoms with Crippen molar-refractivity contribution < 1.29 is 14.3 Å². The van der Waals surface area contributed by atoms with Crippen LogP contribution in [0.15, 0.2) is 48.5 Å². The average molecular weight is 352 g/mol. The molecular formula is C18H18N5O3-. The monoisotopic (exact) mass is 352 g/mol. The van der Waals surface area contributed by atoms with Crippen LogP contribution in [-0.4, -0.2) is 35.7 Å². The van der Waals surface area contributed by atoms with Gasteiger partial charge in [0.15, 0.2) is 0 Å². The van der Waals surface area contributed by atoms with Crippen LogP contribution in [-0.2, 0) is 11.2 Å². The average Bonchev–Trinajstić information content (AvgIpc) is 3.21. The van der Waals surface area contributed by atoms with Gasteiger partial charge in [0.2, 0.25) is 5.91 Å². The predicted molar refractivity (Wildman–Crippen MR) is 94.2 cm³/mol. The van der Waals surface area contributed by atoms with Crippen molar-refractivity contribution in [3.63, 3.8) is 0 Å². The molecule has 0 aliphatic rings. The number of methoxy groups -OCH3 is 2. The van der Waals surface area contributed by atoms with Gasteiger partial charge < -0.3 is 19.9 Å². The molecular weight excluding hydrogens is 334 g/mol. The minimum atomic E-state index is -0.675. The molecule has 3 aromatic rings. The van der Waals surface area contributed by atoms with Gasteiger partial charge in [0.25, 0.3) is 0 Å². The Morgan fingerprint density at radius 1 is 1.15 bits per heavy atom. The van der Waals surface area contributed by atoms with Gasteiger partial charge in [-0.3, -0.25) is 15.1 Å². The van der Waals surface area contributed by atoms with Crippen LogP contribution in [0.5, 0.6) is 11.5 Å². The van der Waals surface area contributed by atoms with Gasteiger partial charge in [-0.05, 0) is 42.3 Å². The summed E-state index contributed by atoms with van der Waals surface area (Å²) in [6.45, 7) is 0. The number of nitrogens with zero attached hydrogens (tertiary/aromatic N) is 4. The number of ether oxygens (including phenoxy) is 2. The van der Waals surface area contributed by atoms with Crippen LogP contribution in [0.1, 0.15) is 17.3 Å². The van der Waals surface area contributed by atoms with Gasteiger partial charge >= 0.3 is 0 Å². The van der Waals surface area contributed by atoms with Gasteiger partial charge in [-0.25, -0.2) is 0 Å². The molecule has 1 atom stereocenters. The molecule has 0 aliphatic carbocycles. The molecule has 3 rings (SSSR count). The fourth-order valence-corrected chi connectivity index (χ4v) is 2.60. The first kappa shape index (κ1) is 17.4. The quantitative estimate of drug-likeness (QED) is 0.692. The predicted octanol–water partition coefficient (Wildman–Crippen LogP) is 1.81. The van der Waals surface area contributed by atoms with Gasteiger partial charge in [-0.2, -0.15) is 5.21 Å². The van der Waals surface area contributed by atoms with Crippen LogP contribution in [0.4, 0.5) is 5.69 Å². The number of hydrogen-bond acceptors (Lipinski definition) is 6. The van der Waals surface area contributed by atoms with E-state index in [9.17, 15) is 4.79 Å². The molecule has 0 saturated heterocycles.